The largest absolute Gasteiger partial charge is 0.388 e. The number of likely N-dealkylation sites (N-methyl/N-ethyl adjacent to an activating group) is 1. The molecule has 1 aromatic carbocycles. The maximum absolute atomic E-state index is 10.6. The van der Waals surface area contributed by atoms with Crippen LogP contribution in [0.1, 0.15) is 24.0 Å². The van der Waals surface area contributed by atoms with E-state index < -0.39 is 5.60 Å². The lowest BCUT2D eigenvalue weighted by molar-refractivity contribution is -0.0572. The third-order valence-corrected chi connectivity index (χ3v) is 3.69. The smallest absolute Gasteiger partial charge is 0.101 e. The Hall–Kier alpha value is -1.57. The monoisotopic (exact) mass is 260 g/mol. The van der Waals surface area contributed by atoms with Crippen LogP contribution >= 0.6 is 0 Å². The molecule has 1 heterocycles. The van der Waals surface area contributed by atoms with Gasteiger partial charge in [0.1, 0.15) is 6.07 Å². The zero-order valence-electron chi connectivity index (χ0n) is 11.5. The first-order valence-electron chi connectivity index (χ1n) is 6.57. The minimum absolute atomic E-state index is 0.524. The molecule has 1 saturated heterocycles. The van der Waals surface area contributed by atoms with Gasteiger partial charge in [0.2, 0.25) is 0 Å². The van der Waals surface area contributed by atoms with E-state index >= 15 is 0 Å². The minimum atomic E-state index is -0.720. The number of hydrogen-bond acceptors (Lipinski definition) is 4. The van der Waals surface area contributed by atoms with E-state index in [-0.39, 0.29) is 0 Å². The van der Waals surface area contributed by atoms with E-state index in [2.05, 4.69) is 6.07 Å². The first kappa shape index (κ1) is 13.9. The summed E-state index contributed by atoms with van der Waals surface area (Å²) in [5.74, 6) is 0. The van der Waals surface area contributed by atoms with Gasteiger partial charge in [-0.05, 0) is 18.6 Å². The summed E-state index contributed by atoms with van der Waals surface area (Å²) in [6, 6.07) is 7.90. The molecule has 0 saturated carbocycles. The van der Waals surface area contributed by atoms with Gasteiger partial charge in [0.05, 0.1) is 16.9 Å². The van der Waals surface area contributed by atoms with Gasteiger partial charge in [0.25, 0.3) is 0 Å². The SMILES string of the molecule is Cc1cccc(C#N)c1N(C)CC1(O)CCOCC1. The fourth-order valence-electron chi connectivity index (χ4n) is 2.69. The van der Waals surface area contributed by atoms with Gasteiger partial charge in [-0.25, -0.2) is 0 Å². The van der Waals surface area contributed by atoms with Crippen molar-refractivity contribution in [2.45, 2.75) is 25.4 Å². The molecule has 0 atom stereocenters. The van der Waals surface area contributed by atoms with Crippen molar-refractivity contribution in [1.29, 1.82) is 5.26 Å². The van der Waals surface area contributed by atoms with E-state index in [4.69, 9.17) is 4.74 Å². The maximum Gasteiger partial charge on any atom is 0.101 e. The van der Waals surface area contributed by atoms with Crippen LogP contribution in [0.25, 0.3) is 0 Å². The summed E-state index contributed by atoms with van der Waals surface area (Å²) in [5.41, 5.74) is 1.89. The molecule has 0 amide bonds. The molecule has 0 aliphatic carbocycles. The standard InChI is InChI=1S/C15H20N2O2/c1-12-4-3-5-13(10-16)14(12)17(2)11-15(18)6-8-19-9-7-15/h3-5,18H,6-9,11H2,1-2H3. The number of rotatable bonds is 3. The van der Waals surface area contributed by atoms with Crippen LogP contribution in [0.2, 0.25) is 0 Å². The molecule has 1 N–H and O–H groups in total. The molecule has 102 valence electrons. The summed E-state index contributed by atoms with van der Waals surface area (Å²) in [7, 11) is 1.93. The number of aliphatic hydroxyl groups is 1. The number of ether oxygens (including phenoxy) is 1. The van der Waals surface area contributed by atoms with Crippen LogP contribution < -0.4 is 4.90 Å². The average Bonchev–Trinajstić information content (AvgIpc) is 2.38. The van der Waals surface area contributed by atoms with Gasteiger partial charge in [-0.1, -0.05) is 12.1 Å². The lowest BCUT2D eigenvalue weighted by Crippen LogP contribution is -2.46. The first-order valence-corrected chi connectivity index (χ1v) is 6.57. The number of nitrogens with zero attached hydrogens (tertiary/aromatic N) is 2. The Balaban J connectivity index is 2.20. The van der Waals surface area contributed by atoms with Gasteiger partial charge in [-0.2, -0.15) is 5.26 Å². The number of nitriles is 1. The van der Waals surface area contributed by atoms with Crippen LogP contribution in [-0.2, 0) is 4.74 Å². The van der Waals surface area contributed by atoms with E-state index in [9.17, 15) is 10.4 Å². The molecule has 0 spiro atoms. The van der Waals surface area contributed by atoms with Gasteiger partial charge < -0.3 is 14.7 Å². The molecule has 1 aliphatic heterocycles. The van der Waals surface area contributed by atoms with E-state index in [0.717, 1.165) is 11.3 Å². The summed E-state index contributed by atoms with van der Waals surface area (Å²) < 4.78 is 5.29. The number of benzene rings is 1. The van der Waals surface area contributed by atoms with Gasteiger partial charge in [-0.15, -0.1) is 0 Å². The molecule has 0 radical (unpaired) electrons. The van der Waals surface area contributed by atoms with Crippen molar-refractivity contribution in [3.8, 4) is 6.07 Å². The molecule has 0 aromatic heterocycles. The third kappa shape index (κ3) is 3.06. The molecule has 1 aromatic rings. The van der Waals surface area contributed by atoms with Crippen LogP contribution in [-0.4, -0.2) is 37.5 Å². The fourth-order valence-corrected chi connectivity index (χ4v) is 2.69. The van der Waals surface area contributed by atoms with Crippen LogP contribution in [0.5, 0.6) is 0 Å². The highest BCUT2D eigenvalue weighted by atomic mass is 16.5. The highest BCUT2D eigenvalue weighted by Crippen LogP contribution is 2.28. The van der Waals surface area contributed by atoms with E-state index in [0.29, 0.717) is 38.2 Å². The topological polar surface area (TPSA) is 56.5 Å². The maximum atomic E-state index is 10.6. The number of aryl methyl sites for hydroxylation is 1. The quantitative estimate of drug-likeness (QED) is 0.901. The third-order valence-electron chi connectivity index (χ3n) is 3.69. The Kier molecular flexibility index (Phi) is 4.08. The van der Waals surface area contributed by atoms with Crippen LogP contribution in [0, 0.1) is 18.3 Å². The Labute approximate surface area is 114 Å². The van der Waals surface area contributed by atoms with Crippen molar-refractivity contribution < 1.29 is 9.84 Å². The second-order valence-electron chi connectivity index (χ2n) is 5.28. The molecule has 4 nitrogen and oxygen atoms in total. The van der Waals surface area contributed by atoms with Crippen molar-refractivity contribution in [2.24, 2.45) is 0 Å². The summed E-state index contributed by atoms with van der Waals surface area (Å²) in [5, 5.41) is 19.8. The Morgan fingerprint density at radius 3 is 2.74 bits per heavy atom. The lowest BCUT2D eigenvalue weighted by atomic mass is 9.93. The minimum Gasteiger partial charge on any atom is -0.388 e. The molecule has 1 fully saturated rings. The highest BCUT2D eigenvalue weighted by Gasteiger charge is 2.31. The van der Waals surface area contributed by atoms with Gasteiger partial charge >= 0.3 is 0 Å². The normalized spacial score (nSPS) is 17.8. The average molecular weight is 260 g/mol. The second kappa shape index (κ2) is 5.60. The molecule has 0 unspecified atom stereocenters. The zero-order chi connectivity index (χ0) is 13.9. The number of anilines is 1. The van der Waals surface area contributed by atoms with Crippen molar-refractivity contribution >= 4 is 5.69 Å². The summed E-state index contributed by atoms with van der Waals surface area (Å²) in [6.07, 6.45) is 1.29. The molecular formula is C15H20N2O2. The summed E-state index contributed by atoms with van der Waals surface area (Å²) in [6.45, 7) is 3.71. The number of para-hydroxylation sites is 1. The lowest BCUT2D eigenvalue weighted by Gasteiger charge is -2.36. The van der Waals surface area contributed by atoms with E-state index in [1.807, 2.05) is 37.1 Å². The van der Waals surface area contributed by atoms with Gasteiger partial charge in [0.15, 0.2) is 0 Å². The van der Waals surface area contributed by atoms with Crippen molar-refractivity contribution in [2.75, 3.05) is 31.7 Å². The molecule has 4 heteroatoms. The van der Waals surface area contributed by atoms with E-state index in [1.165, 1.54) is 0 Å². The van der Waals surface area contributed by atoms with Crippen LogP contribution in [0.15, 0.2) is 18.2 Å². The predicted octanol–water partition coefficient (Wildman–Crippen LogP) is 1.84. The van der Waals surface area contributed by atoms with Gasteiger partial charge in [-0.3, -0.25) is 0 Å². The Morgan fingerprint density at radius 2 is 2.11 bits per heavy atom. The Morgan fingerprint density at radius 1 is 1.42 bits per heavy atom. The second-order valence-corrected chi connectivity index (χ2v) is 5.28. The van der Waals surface area contributed by atoms with E-state index in [1.54, 1.807) is 0 Å². The Bertz CT molecular complexity index is 487. The van der Waals surface area contributed by atoms with Gasteiger partial charge in [0, 0.05) is 39.6 Å². The van der Waals surface area contributed by atoms with Crippen LogP contribution in [0.4, 0.5) is 5.69 Å². The first-order chi connectivity index (χ1) is 9.06. The highest BCUT2D eigenvalue weighted by molar-refractivity contribution is 5.63. The molecule has 0 bridgehead atoms. The van der Waals surface area contributed by atoms with Crippen molar-refractivity contribution in [1.82, 2.24) is 0 Å². The molecule has 19 heavy (non-hydrogen) atoms. The van der Waals surface area contributed by atoms with Crippen molar-refractivity contribution in [3.63, 3.8) is 0 Å². The fraction of sp³-hybridized carbons (Fsp3) is 0.533. The van der Waals surface area contributed by atoms with Crippen molar-refractivity contribution in [3.05, 3.63) is 29.3 Å². The molecule has 2 rings (SSSR count). The summed E-state index contributed by atoms with van der Waals surface area (Å²) in [4.78, 5) is 1.99. The summed E-state index contributed by atoms with van der Waals surface area (Å²) >= 11 is 0. The molecular weight excluding hydrogens is 240 g/mol. The van der Waals surface area contributed by atoms with Crippen LogP contribution in [0.3, 0.4) is 0 Å². The molecule has 1 aliphatic rings. The zero-order valence-corrected chi connectivity index (χ0v) is 11.5. The predicted molar refractivity (Wildman–Crippen MR) is 74.2 cm³/mol. The number of hydrogen-bond donors (Lipinski definition) is 1.